The number of nitrogens with zero attached hydrogens (tertiary/aromatic N) is 2. The summed E-state index contributed by atoms with van der Waals surface area (Å²) in [5, 5.41) is 9.86. The van der Waals surface area contributed by atoms with Crippen LogP contribution in [0.4, 0.5) is 0 Å². The first-order valence-electron chi connectivity index (χ1n) is 6.68. The summed E-state index contributed by atoms with van der Waals surface area (Å²) in [7, 11) is 0. The average Bonchev–Trinajstić information content (AvgIpc) is 2.83. The Bertz CT molecular complexity index is 367. The van der Waals surface area contributed by atoms with Gasteiger partial charge >= 0.3 is 0 Å². The summed E-state index contributed by atoms with van der Waals surface area (Å²) in [4.78, 5) is 6.70. The maximum absolute atomic E-state index is 9.86. The van der Waals surface area contributed by atoms with Crippen LogP contribution in [-0.4, -0.2) is 46.9 Å². The summed E-state index contributed by atoms with van der Waals surface area (Å²) < 4.78 is 5.31. The van der Waals surface area contributed by atoms with Crippen molar-refractivity contribution >= 4 is 0 Å². The van der Waals surface area contributed by atoms with Crippen molar-refractivity contribution in [1.29, 1.82) is 0 Å². The van der Waals surface area contributed by atoms with Crippen molar-refractivity contribution in [1.82, 2.24) is 9.88 Å². The number of aryl methyl sites for hydroxylation is 1. The molecule has 0 spiro atoms. The third-order valence-corrected chi connectivity index (χ3v) is 3.56. The predicted molar refractivity (Wildman–Crippen MR) is 70.3 cm³/mol. The number of likely N-dealkylation sites (N-methyl/N-ethyl adjacent to an activating group) is 1. The van der Waals surface area contributed by atoms with E-state index in [1.165, 1.54) is 5.56 Å². The van der Waals surface area contributed by atoms with Crippen LogP contribution in [0.3, 0.4) is 0 Å². The predicted octanol–water partition coefficient (Wildman–Crippen LogP) is 1.23. The molecule has 0 radical (unpaired) electrons. The highest BCUT2D eigenvalue weighted by Crippen LogP contribution is 2.15. The van der Waals surface area contributed by atoms with Crippen LogP contribution in [0.1, 0.15) is 25.1 Å². The molecule has 1 N–H and O–H groups in total. The van der Waals surface area contributed by atoms with Crippen LogP contribution in [0, 0.1) is 0 Å². The topological polar surface area (TPSA) is 45.6 Å². The molecule has 0 aliphatic carbocycles. The van der Waals surface area contributed by atoms with E-state index in [1.54, 1.807) is 0 Å². The fraction of sp³-hybridized carbons (Fsp3) is 0.643. The van der Waals surface area contributed by atoms with Crippen LogP contribution >= 0.6 is 0 Å². The van der Waals surface area contributed by atoms with E-state index in [9.17, 15) is 5.11 Å². The first-order valence-corrected chi connectivity index (χ1v) is 6.68. The number of hydrogen-bond donors (Lipinski definition) is 1. The van der Waals surface area contributed by atoms with Crippen molar-refractivity contribution in [3.05, 3.63) is 29.6 Å². The lowest BCUT2D eigenvalue weighted by atomic mass is 10.1. The molecule has 1 saturated heterocycles. The zero-order valence-electron chi connectivity index (χ0n) is 11.2. The van der Waals surface area contributed by atoms with E-state index in [1.807, 2.05) is 6.20 Å². The zero-order valence-corrected chi connectivity index (χ0v) is 11.2. The molecule has 0 saturated carbocycles. The summed E-state index contributed by atoms with van der Waals surface area (Å²) in [6.07, 6.45) is 2.57. The van der Waals surface area contributed by atoms with Gasteiger partial charge in [0.15, 0.2) is 0 Å². The lowest BCUT2D eigenvalue weighted by molar-refractivity contribution is 0.0801. The molecule has 18 heavy (non-hydrogen) atoms. The Morgan fingerprint density at radius 3 is 2.72 bits per heavy atom. The third kappa shape index (κ3) is 3.07. The molecule has 1 aromatic heterocycles. The smallest absolute Gasteiger partial charge is 0.0950 e. The maximum atomic E-state index is 9.86. The van der Waals surface area contributed by atoms with Gasteiger partial charge in [-0.25, -0.2) is 0 Å². The SMILES string of the molecule is CCc1ccc(CN(CC)[C@@H]2COC[C@H]2O)nc1. The van der Waals surface area contributed by atoms with Crippen molar-refractivity contribution in [2.75, 3.05) is 19.8 Å². The summed E-state index contributed by atoms with van der Waals surface area (Å²) in [5.41, 5.74) is 2.30. The van der Waals surface area contributed by atoms with Crippen LogP contribution in [0.15, 0.2) is 18.3 Å². The molecule has 0 unspecified atom stereocenters. The standard InChI is InChI=1S/C14H22N2O2/c1-3-11-5-6-12(15-7-11)8-16(4-2)13-9-18-10-14(13)17/h5-7,13-14,17H,3-4,8-10H2,1-2H3/t13-,14-/m1/s1. The van der Waals surface area contributed by atoms with Gasteiger partial charge in [0.1, 0.15) is 0 Å². The lowest BCUT2D eigenvalue weighted by Crippen LogP contribution is -2.42. The highest BCUT2D eigenvalue weighted by Gasteiger charge is 2.30. The van der Waals surface area contributed by atoms with Crippen LogP contribution < -0.4 is 0 Å². The Kier molecular flexibility index (Phi) is 4.69. The molecule has 1 aromatic rings. The molecule has 0 amide bonds. The van der Waals surface area contributed by atoms with Crippen molar-refractivity contribution in [3.63, 3.8) is 0 Å². The first-order chi connectivity index (χ1) is 8.74. The number of aliphatic hydroxyl groups excluding tert-OH is 1. The maximum Gasteiger partial charge on any atom is 0.0950 e. The third-order valence-electron chi connectivity index (χ3n) is 3.56. The van der Waals surface area contributed by atoms with Gasteiger partial charge < -0.3 is 9.84 Å². The van der Waals surface area contributed by atoms with Gasteiger partial charge in [0.05, 0.1) is 31.1 Å². The molecule has 0 bridgehead atoms. The Hall–Kier alpha value is -0.970. The summed E-state index contributed by atoms with van der Waals surface area (Å²) in [5.74, 6) is 0. The molecule has 1 aliphatic heterocycles. The van der Waals surface area contributed by atoms with Crippen LogP contribution in [0.2, 0.25) is 0 Å². The number of pyridine rings is 1. The van der Waals surface area contributed by atoms with Gasteiger partial charge in [-0.1, -0.05) is 19.9 Å². The Morgan fingerprint density at radius 2 is 2.22 bits per heavy atom. The molecule has 1 fully saturated rings. The number of rotatable bonds is 5. The zero-order chi connectivity index (χ0) is 13.0. The van der Waals surface area contributed by atoms with Gasteiger partial charge in [0.25, 0.3) is 0 Å². The fourth-order valence-electron chi connectivity index (χ4n) is 2.31. The molecular formula is C14H22N2O2. The molecule has 100 valence electrons. The normalized spacial score (nSPS) is 23.8. The Morgan fingerprint density at radius 1 is 1.39 bits per heavy atom. The van der Waals surface area contributed by atoms with E-state index in [4.69, 9.17) is 4.74 Å². The number of aliphatic hydroxyl groups is 1. The van der Waals surface area contributed by atoms with Gasteiger partial charge in [-0.15, -0.1) is 0 Å². The van der Waals surface area contributed by atoms with Crippen molar-refractivity contribution in [2.24, 2.45) is 0 Å². The summed E-state index contributed by atoms with van der Waals surface area (Å²) in [6, 6.07) is 4.30. The van der Waals surface area contributed by atoms with E-state index in [-0.39, 0.29) is 12.1 Å². The van der Waals surface area contributed by atoms with Crippen molar-refractivity contribution in [2.45, 2.75) is 39.0 Å². The lowest BCUT2D eigenvalue weighted by Gasteiger charge is -2.28. The van der Waals surface area contributed by atoms with Crippen molar-refractivity contribution in [3.8, 4) is 0 Å². The molecule has 2 rings (SSSR count). The van der Waals surface area contributed by atoms with E-state index < -0.39 is 0 Å². The van der Waals surface area contributed by atoms with Gasteiger partial charge in [-0.05, 0) is 24.6 Å². The molecule has 2 atom stereocenters. The molecule has 1 aliphatic rings. The monoisotopic (exact) mass is 250 g/mol. The van der Waals surface area contributed by atoms with E-state index in [0.29, 0.717) is 13.2 Å². The molecule has 2 heterocycles. The summed E-state index contributed by atoms with van der Waals surface area (Å²) >= 11 is 0. The highest BCUT2D eigenvalue weighted by atomic mass is 16.5. The van der Waals surface area contributed by atoms with E-state index in [0.717, 1.165) is 25.2 Å². The van der Waals surface area contributed by atoms with E-state index >= 15 is 0 Å². The largest absolute Gasteiger partial charge is 0.389 e. The van der Waals surface area contributed by atoms with Gasteiger partial charge in [-0.2, -0.15) is 0 Å². The second kappa shape index (κ2) is 6.27. The minimum atomic E-state index is -0.375. The fourth-order valence-corrected chi connectivity index (χ4v) is 2.31. The molecule has 0 aromatic carbocycles. The average molecular weight is 250 g/mol. The molecule has 4 nitrogen and oxygen atoms in total. The molecular weight excluding hydrogens is 228 g/mol. The molecule has 4 heteroatoms. The van der Waals surface area contributed by atoms with Gasteiger partial charge in [-0.3, -0.25) is 9.88 Å². The Balaban J connectivity index is 2.00. The summed E-state index contributed by atoms with van der Waals surface area (Å²) in [6.45, 7) is 6.95. The van der Waals surface area contributed by atoms with Crippen molar-refractivity contribution < 1.29 is 9.84 Å². The second-order valence-corrected chi connectivity index (χ2v) is 4.75. The first kappa shape index (κ1) is 13.5. The van der Waals surface area contributed by atoms with Gasteiger partial charge in [0, 0.05) is 12.7 Å². The second-order valence-electron chi connectivity index (χ2n) is 4.75. The quantitative estimate of drug-likeness (QED) is 0.853. The Labute approximate surface area is 109 Å². The van der Waals surface area contributed by atoms with Crippen LogP contribution in [0.25, 0.3) is 0 Å². The van der Waals surface area contributed by atoms with Crippen LogP contribution in [0.5, 0.6) is 0 Å². The van der Waals surface area contributed by atoms with Gasteiger partial charge in [0.2, 0.25) is 0 Å². The van der Waals surface area contributed by atoms with Crippen LogP contribution in [-0.2, 0) is 17.7 Å². The van der Waals surface area contributed by atoms with E-state index in [2.05, 4.69) is 35.9 Å². The highest BCUT2D eigenvalue weighted by molar-refractivity contribution is 5.14. The minimum Gasteiger partial charge on any atom is -0.389 e. The minimum absolute atomic E-state index is 0.0997. The number of hydrogen-bond acceptors (Lipinski definition) is 4. The number of ether oxygens (including phenoxy) is 1. The number of aromatic nitrogens is 1.